The third-order valence-corrected chi connectivity index (χ3v) is 20.1. The van der Waals surface area contributed by atoms with Gasteiger partial charge >= 0.3 is 0 Å². The molecule has 0 aromatic heterocycles. The zero-order valence-electron chi connectivity index (χ0n) is 64.9. The molecule has 606 valence electrons. The van der Waals surface area contributed by atoms with E-state index in [-0.39, 0.29) is 18.9 Å². The first-order chi connectivity index (χ1) is 51.3. The second-order valence-corrected chi connectivity index (χ2v) is 29.2. The maximum atomic E-state index is 13.5. The first kappa shape index (κ1) is 95.7. The van der Waals surface area contributed by atoms with E-state index < -0.39 is 124 Å². The van der Waals surface area contributed by atoms with E-state index in [0.717, 1.165) is 128 Å². The number of hydrogen-bond acceptors (Lipinski definition) is 18. The van der Waals surface area contributed by atoms with Gasteiger partial charge in [0.1, 0.15) is 73.2 Å². The number of nitrogens with one attached hydrogen (secondary N) is 1. The molecule has 17 unspecified atom stereocenters. The van der Waals surface area contributed by atoms with Crippen molar-refractivity contribution in [3.63, 3.8) is 0 Å². The molecule has 3 heterocycles. The first-order valence-electron chi connectivity index (χ1n) is 41.6. The molecule has 3 aliphatic rings. The Balaban J connectivity index is 1.37. The number of ether oxygens (including phenoxy) is 6. The molecule has 0 spiro atoms. The van der Waals surface area contributed by atoms with Gasteiger partial charge in [0.05, 0.1) is 38.6 Å². The van der Waals surface area contributed by atoms with Crippen molar-refractivity contribution >= 4 is 5.91 Å². The molecule has 0 aromatic carbocycles. The van der Waals surface area contributed by atoms with Crippen LogP contribution in [0.5, 0.6) is 0 Å². The Hall–Kier alpha value is -3.55. The van der Waals surface area contributed by atoms with Crippen LogP contribution in [0.4, 0.5) is 0 Å². The highest BCUT2D eigenvalue weighted by molar-refractivity contribution is 5.76. The Morgan fingerprint density at radius 3 is 1.03 bits per heavy atom. The molecule has 12 N–H and O–H groups in total. The van der Waals surface area contributed by atoms with Crippen LogP contribution < -0.4 is 5.32 Å². The molecule has 0 aromatic rings. The summed E-state index contributed by atoms with van der Waals surface area (Å²) in [5.41, 5.74) is 0. The van der Waals surface area contributed by atoms with E-state index in [1.54, 1.807) is 0 Å². The largest absolute Gasteiger partial charge is 0.394 e. The van der Waals surface area contributed by atoms with Gasteiger partial charge in [0, 0.05) is 6.42 Å². The van der Waals surface area contributed by atoms with Crippen LogP contribution in [-0.2, 0) is 33.2 Å². The fourth-order valence-corrected chi connectivity index (χ4v) is 13.5. The van der Waals surface area contributed by atoms with Crippen LogP contribution in [0.2, 0.25) is 0 Å². The standard InChI is InChI=1S/C86H149NO18/c1-3-5-7-9-11-13-15-17-19-21-23-25-27-29-30-31-32-33-34-35-36-37-38-40-42-44-46-48-50-52-54-56-58-60-62-64-74(92)87-69(70(91)63-61-59-57-55-53-51-49-47-45-43-41-39-28-26-24-22-20-18-16-14-12-10-8-6-4-2)68-100-84-80(98)77(95)82(72(66-89)102-84)105-86-81(99)78(96)83(73(67-90)103-86)104-85-79(97)76(94)75(93)71(65-88)101-85/h5,7,11,13,17,19,23,25,29-30,32-33,35-36,38,40,44,46,69-73,75-86,88-91,93-99H,3-4,6,8-10,12,14-16,18,20-22,24,26-28,31,34,37,39,41-43,45,47-68H2,1-2H3,(H,87,92)/b7-5-,13-11-,19-17-,25-23-,30-29-,33-32-,36-35-,40-38-,46-44-. The van der Waals surface area contributed by atoms with Crippen LogP contribution in [0.1, 0.15) is 296 Å². The van der Waals surface area contributed by atoms with Gasteiger partial charge in [-0.05, 0) is 83.5 Å². The van der Waals surface area contributed by atoms with Crippen molar-refractivity contribution in [2.45, 2.75) is 401 Å². The SMILES string of the molecule is CC/C=C\C/C=C\C/C=C\C/C=C\C/C=C\C/C=C\C/C=C\C/C=C\C/C=C\CCCCCCCCCC(=O)NC(COC1OC(CO)C(OC2OC(CO)C(OC3OC(CO)C(O)C(O)C3O)C(O)C2O)C(O)C1O)C(O)CCCCCCCCCCCCCCCCCCCCCCCCCCC. The van der Waals surface area contributed by atoms with Crippen molar-refractivity contribution in [3.8, 4) is 0 Å². The predicted molar refractivity (Wildman–Crippen MR) is 420 cm³/mol. The van der Waals surface area contributed by atoms with Gasteiger partial charge in [0.25, 0.3) is 0 Å². The van der Waals surface area contributed by atoms with Crippen molar-refractivity contribution in [3.05, 3.63) is 109 Å². The summed E-state index contributed by atoms with van der Waals surface area (Å²) in [5, 5.41) is 121. The minimum Gasteiger partial charge on any atom is -0.394 e. The molecule has 3 fully saturated rings. The number of hydrogen-bond donors (Lipinski definition) is 12. The van der Waals surface area contributed by atoms with E-state index in [1.165, 1.54) is 135 Å². The number of aliphatic hydroxyl groups excluding tert-OH is 11. The fraction of sp³-hybridized carbons (Fsp3) is 0.779. The topological polar surface area (TPSA) is 307 Å². The molecule has 17 atom stereocenters. The highest BCUT2D eigenvalue weighted by atomic mass is 16.8. The molecule has 0 aliphatic carbocycles. The highest BCUT2D eigenvalue weighted by Crippen LogP contribution is 2.33. The van der Waals surface area contributed by atoms with Crippen LogP contribution in [-0.4, -0.2) is 193 Å². The Morgan fingerprint density at radius 1 is 0.352 bits per heavy atom. The molecular weight excluding hydrogens is 1330 g/mol. The molecule has 19 heteroatoms. The van der Waals surface area contributed by atoms with E-state index in [2.05, 4.69) is 129 Å². The minimum absolute atomic E-state index is 0.247. The second-order valence-electron chi connectivity index (χ2n) is 29.2. The number of rotatable bonds is 65. The van der Waals surface area contributed by atoms with Gasteiger partial charge in [-0.1, -0.05) is 316 Å². The van der Waals surface area contributed by atoms with Crippen molar-refractivity contribution in [1.82, 2.24) is 5.32 Å². The van der Waals surface area contributed by atoms with Gasteiger partial charge in [-0.3, -0.25) is 4.79 Å². The van der Waals surface area contributed by atoms with Crippen molar-refractivity contribution in [2.24, 2.45) is 0 Å². The number of carbonyl (C=O) groups excluding carboxylic acids is 1. The van der Waals surface area contributed by atoms with Crippen LogP contribution in [0.15, 0.2) is 109 Å². The Labute approximate surface area is 634 Å². The summed E-state index contributed by atoms with van der Waals surface area (Å²) in [6.45, 7) is 1.70. The smallest absolute Gasteiger partial charge is 0.220 e. The maximum Gasteiger partial charge on any atom is 0.220 e. The monoisotopic (exact) mass is 1480 g/mol. The summed E-state index contributed by atoms with van der Waals surface area (Å²) in [4.78, 5) is 13.5. The normalized spacial score (nSPS) is 26.4. The quantitative estimate of drug-likeness (QED) is 0.0199. The summed E-state index contributed by atoms with van der Waals surface area (Å²) in [6, 6.07) is -0.903. The average Bonchev–Trinajstić information content (AvgIpc) is 0.781. The summed E-state index contributed by atoms with van der Waals surface area (Å²) in [7, 11) is 0. The van der Waals surface area contributed by atoms with Crippen LogP contribution in [0.25, 0.3) is 0 Å². The van der Waals surface area contributed by atoms with E-state index in [1.807, 2.05) is 0 Å². The lowest BCUT2D eigenvalue weighted by molar-refractivity contribution is -0.379. The molecule has 0 radical (unpaired) electrons. The number of aliphatic hydroxyl groups is 11. The van der Waals surface area contributed by atoms with E-state index in [4.69, 9.17) is 28.4 Å². The lowest BCUT2D eigenvalue weighted by Crippen LogP contribution is -2.66. The maximum absolute atomic E-state index is 13.5. The third-order valence-electron chi connectivity index (χ3n) is 20.1. The third kappa shape index (κ3) is 44.8. The molecule has 19 nitrogen and oxygen atoms in total. The Morgan fingerprint density at radius 2 is 0.657 bits per heavy atom. The molecule has 0 bridgehead atoms. The zero-order chi connectivity index (χ0) is 76.0. The lowest BCUT2D eigenvalue weighted by Gasteiger charge is -2.48. The average molecular weight is 1490 g/mol. The van der Waals surface area contributed by atoms with Gasteiger partial charge in [0.15, 0.2) is 18.9 Å². The number of allylic oxidation sites excluding steroid dienone is 18. The summed E-state index contributed by atoms with van der Waals surface area (Å²) < 4.78 is 34.5. The van der Waals surface area contributed by atoms with Gasteiger partial charge in [-0.25, -0.2) is 0 Å². The van der Waals surface area contributed by atoms with E-state index >= 15 is 0 Å². The molecule has 0 saturated carbocycles. The molecule has 3 rings (SSSR count). The Bertz CT molecular complexity index is 2320. The second kappa shape index (κ2) is 65.2. The van der Waals surface area contributed by atoms with E-state index in [9.17, 15) is 61.0 Å². The first-order valence-corrected chi connectivity index (χ1v) is 41.6. The van der Waals surface area contributed by atoms with Crippen molar-refractivity contribution in [2.75, 3.05) is 26.4 Å². The van der Waals surface area contributed by atoms with Crippen LogP contribution in [0.3, 0.4) is 0 Å². The van der Waals surface area contributed by atoms with Crippen LogP contribution in [0, 0.1) is 0 Å². The van der Waals surface area contributed by atoms with Gasteiger partial charge < -0.3 is 89.9 Å². The fourth-order valence-electron chi connectivity index (χ4n) is 13.5. The van der Waals surface area contributed by atoms with Crippen molar-refractivity contribution in [1.29, 1.82) is 0 Å². The van der Waals surface area contributed by atoms with Gasteiger partial charge in [-0.15, -0.1) is 0 Å². The molecular formula is C86H149NO18. The molecule has 3 aliphatic heterocycles. The number of carbonyl (C=O) groups is 1. The lowest BCUT2D eigenvalue weighted by atomic mass is 9.96. The molecule has 105 heavy (non-hydrogen) atoms. The van der Waals surface area contributed by atoms with Gasteiger partial charge in [0.2, 0.25) is 5.91 Å². The summed E-state index contributed by atoms with van der Waals surface area (Å²) >= 11 is 0. The minimum atomic E-state index is -1.98. The van der Waals surface area contributed by atoms with Crippen LogP contribution >= 0.6 is 0 Å². The van der Waals surface area contributed by atoms with Crippen molar-refractivity contribution < 1.29 is 89.4 Å². The number of unbranched alkanes of at least 4 members (excludes halogenated alkanes) is 31. The summed E-state index contributed by atoms with van der Waals surface area (Å²) in [6.07, 6.45) is 63.1. The van der Waals surface area contributed by atoms with E-state index in [0.29, 0.717) is 12.8 Å². The number of amides is 1. The Kier molecular flexibility index (Phi) is 59.4. The molecule has 3 saturated heterocycles. The highest BCUT2D eigenvalue weighted by Gasteiger charge is 2.54. The summed E-state index contributed by atoms with van der Waals surface area (Å²) in [5.74, 6) is -0.255. The zero-order valence-corrected chi connectivity index (χ0v) is 64.9. The molecule has 1 amide bonds. The predicted octanol–water partition coefficient (Wildman–Crippen LogP) is 14.5. The van der Waals surface area contributed by atoms with Gasteiger partial charge in [-0.2, -0.15) is 0 Å².